The second kappa shape index (κ2) is 5.19. The van der Waals surface area contributed by atoms with Crippen LogP contribution >= 0.6 is 0 Å². The van der Waals surface area contributed by atoms with Gasteiger partial charge in [0.25, 0.3) is 0 Å². The minimum absolute atomic E-state index is 0.0446. The topological polar surface area (TPSA) is 41.3 Å². The van der Waals surface area contributed by atoms with Gasteiger partial charge in [-0.15, -0.1) is 0 Å². The van der Waals surface area contributed by atoms with Crippen LogP contribution in [0.2, 0.25) is 0 Å². The van der Waals surface area contributed by atoms with Crippen LogP contribution in [0.15, 0.2) is 6.07 Å². The zero-order valence-electron chi connectivity index (χ0n) is 11.1. The second-order valence-corrected chi connectivity index (χ2v) is 5.28. The van der Waals surface area contributed by atoms with Crippen molar-refractivity contribution in [1.29, 1.82) is 0 Å². The Morgan fingerprint density at radius 1 is 1.53 bits per heavy atom. The molecule has 0 saturated heterocycles. The first-order chi connectivity index (χ1) is 8.08. The molecule has 0 atom stereocenters. The standard InChI is InChI=1S/C13H23N3O/c1-4-16-12(5-10(2)14-16)9-15(3)8-11-6-13(17)7-11/h5,11,13,17H,4,6-9H2,1-3H3. The Morgan fingerprint density at radius 2 is 2.24 bits per heavy atom. The molecule has 0 radical (unpaired) electrons. The van der Waals surface area contributed by atoms with E-state index in [0.29, 0.717) is 5.92 Å². The molecular weight excluding hydrogens is 214 g/mol. The lowest BCUT2D eigenvalue weighted by Gasteiger charge is -2.34. The monoisotopic (exact) mass is 237 g/mol. The Morgan fingerprint density at radius 3 is 2.82 bits per heavy atom. The van der Waals surface area contributed by atoms with Gasteiger partial charge in [0, 0.05) is 19.6 Å². The third-order valence-corrected chi connectivity index (χ3v) is 3.50. The van der Waals surface area contributed by atoms with Gasteiger partial charge in [-0.25, -0.2) is 0 Å². The molecule has 0 aliphatic heterocycles. The van der Waals surface area contributed by atoms with E-state index in [4.69, 9.17) is 0 Å². The number of rotatable bonds is 5. The van der Waals surface area contributed by atoms with Crippen LogP contribution in [0.5, 0.6) is 0 Å². The maximum absolute atomic E-state index is 9.27. The van der Waals surface area contributed by atoms with Crippen molar-refractivity contribution in [1.82, 2.24) is 14.7 Å². The number of aliphatic hydroxyl groups excluding tert-OH is 1. The van der Waals surface area contributed by atoms with E-state index in [1.165, 1.54) is 5.69 Å². The fourth-order valence-corrected chi connectivity index (χ4v) is 2.63. The summed E-state index contributed by atoms with van der Waals surface area (Å²) in [6.45, 7) is 7.11. The first kappa shape index (κ1) is 12.6. The Hall–Kier alpha value is -0.870. The van der Waals surface area contributed by atoms with E-state index in [0.717, 1.165) is 38.2 Å². The van der Waals surface area contributed by atoms with Gasteiger partial charge in [0.1, 0.15) is 0 Å². The quantitative estimate of drug-likeness (QED) is 0.842. The summed E-state index contributed by atoms with van der Waals surface area (Å²) in [5.41, 5.74) is 2.38. The Labute approximate surface area is 103 Å². The van der Waals surface area contributed by atoms with Crippen LogP contribution in [0.4, 0.5) is 0 Å². The lowest BCUT2D eigenvalue weighted by molar-refractivity contribution is 0.0270. The average molecular weight is 237 g/mol. The Bertz CT molecular complexity index is 369. The highest BCUT2D eigenvalue weighted by Gasteiger charge is 2.27. The van der Waals surface area contributed by atoms with Crippen LogP contribution in [0.3, 0.4) is 0 Å². The molecule has 1 aromatic heterocycles. The fraction of sp³-hybridized carbons (Fsp3) is 0.769. The highest BCUT2D eigenvalue weighted by Crippen LogP contribution is 2.27. The van der Waals surface area contributed by atoms with E-state index in [-0.39, 0.29) is 6.10 Å². The SMILES string of the molecule is CCn1nc(C)cc1CN(C)CC1CC(O)C1. The lowest BCUT2D eigenvalue weighted by atomic mass is 9.82. The molecule has 1 heterocycles. The normalized spacial score (nSPS) is 24.1. The molecule has 1 aliphatic rings. The predicted molar refractivity (Wildman–Crippen MR) is 67.7 cm³/mol. The Balaban J connectivity index is 1.86. The third-order valence-electron chi connectivity index (χ3n) is 3.50. The minimum atomic E-state index is -0.0446. The molecule has 0 unspecified atom stereocenters. The van der Waals surface area contributed by atoms with Crippen molar-refractivity contribution in [3.8, 4) is 0 Å². The molecule has 4 heteroatoms. The van der Waals surface area contributed by atoms with Gasteiger partial charge in [-0.1, -0.05) is 0 Å². The molecule has 0 aromatic carbocycles. The van der Waals surface area contributed by atoms with E-state index in [9.17, 15) is 5.11 Å². The summed E-state index contributed by atoms with van der Waals surface area (Å²) in [6.07, 6.45) is 1.89. The maximum atomic E-state index is 9.27. The van der Waals surface area contributed by atoms with Crippen molar-refractivity contribution >= 4 is 0 Å². The number of nitrogens with zero attached hydrogens (tertiary/aromatic N) is 3. The summed E-state index contributed by atoms with van der Waals surface area (Å²) in [5, 5.41) is 13.7. The fourth-order valence-electron chi connectivity index (χ4n) is 2.63. The highest BCUT2D eigenvalue weighted by atomic mass is 16.3. The number of aliphatic hydroxyl groups is 1. The van der Waals surface area contributed by atoms with E-state index >= 15 is 0 Å². The van der Waals surface area contributed by atoms with Crippen molar-refractivity contribution in [2.75, 3.05) is 13.6 Å². The van der Waals surface area contributed by atoms with E-state index in [1.807, 2.05) is 6.92 Å². The summed E-state index contributed by atoms with van der Waals surface area (Å²) >= 11 is 0. The van der Waals surface area contributed by atoms with Crippen molar-refractivity contribution < 1.29 is 5.11 Å². The second-order valence-electron chi connectivity index (χ2n) is 5.28. The summed E-state index contributed by atoms with van der Waals surface area (Å²) in [6, 6.07) is 2.16. The number of hydrogen-bond acceptors (Lipinski definition) is 3. The number of hydrogen-bond donors (Lipinski definition) is 1. The summed E-state index contributed by atoms with van der Waals surface area (Å²) in [4.78, 5) is 2.33. The van der Waals surface area contributed by atoms with Gasteiger partial charge in [0.2, 0.25) is 0 Å². The summed E-state index contributed by atoms with van der Waals surface area (Å²) < 4.78 is 2.07. The van der Waals surface area contributed by atoms with Crippen LogP contribution in [0, 0.1) is 12.8 Å². The smallest absolute Gasteiger partial charge is 0.0597 e. The molecule has 2 rings (SSSR count). The van der Waals surface area contributed by atoms with Gasteiger partial charge in [-0.2, -0.15) is 5.10 Å². The van der Waals surface area contributed by atoms with Gasteiger partial charge in [0.05, 0.1) is 17.5 Å². The summed E-state index contributed by atoms with van der Waals surface area (Å²) in [7, 11) is 2.15. The van der Waals surface area contributed by atoms with E-state index in [2.05, 4.69) is 34.7 Å². The highest BCUT2D eigenvalue weighted by molar-refractivity contribution is 5.08. The molecule has 96 valence electrons. The van der Waals surface area contributed by atoms with Crippen molar-refractivity contribution in [2.24, 2.45) is 5.92 Å². The van der Waals surface area contributed by atoms with Crippen LogP contribution in [0.25, 0.3) is 0 Å². The van der Waals surface area contributed by atoms with Crippen molar-refractivity contribution in [3.63, 3.8) is 0 Å². The Kier molecular flexibility index (Phi) is 3.84. The minimum Gasteiger partial charge on any atom is -0.393 e. The zero-order valence-corrected chi connectivity index (χ0v) is 11.1. The third kappa shape index (κ3) is 3.07. The molecule has 1 aliphatic carbocycles. The molecule has 0 bridgehead atoms. The van der Waals surface area contributed by atoms with Crippen LogP contribution in [-0.2, 0) is 13.1 Å². The molecule has 4 nitrogen and oxygen atoms in total. The first-order valence-corrected chi connectivity index (χ1v) is 6.48. The van der Waals surface area contributed by atoms with Gasteiger partial charge in [0.15, 0.2) is 0 Å². The van der Waals surface area contributed by atoms with Gasteiger partial charge < -0.3 is 10.0 Å². The maximum Gasteiger partial charge on any atom is 0.0597 e. The molecule has 0 amide bonds. The predicted octanol–water partition coefficient (Wildman–Crippen LogP) is 1.41. The molecule has 1 N–H and O–H groups in total. The molecule has 17 heavy (non-hydrogen) atoms. The molecule has 0 spiro atoms. The van der Waals surface area contributed by atoms with Gasteiger partial charge in [-0.05, 0) is 45.7 Å². The zero-order chi connectivity index (χ0) is 12.4. The lowest BCUT2D eigenvalue weighted by Crippen LogP contribution is -2.37. The van der Waals surface area contributed by atoms with E-state index < -0.39 is 0 Å². The van der Waals surface area contributed by atoms with Crippen molar-refractivity contribution in [2.45, 2.75) is 45.9 Å². The van der Waals surface area contributed by atoms with Crippen LogP contribution in [0.1, 0.15) is 31.2 Å². The van der Waals surface area contributed by atoms with Crippen LogP contribution < -0.4 is 0 Å². The van der Waals surface area contributed by atoms with Gasteiger partial charge >= 0.3 is 0 Å². The molecular formula is C13H23N3O. The molecule has 1 saturated carbocycles. The van der Waals surface area contributed by atoms with E-state index in [1.54, 1.807) is 0 Å². The number of aromatic nitrogens is 2. The first-order valence-electron chi connectivity index (χ1n) is 6.48. The molecule has 1 aromatic rings. The molecule has 1 fully saturated rings. The van der Waals surface area contributed by atoms with Crippen molar-refractivity contribution in [3.05, 3.63) is 17.5 Å². The summed E-state index contributed by atoms with van der Waals surface area (Å²) in [5.74, 6) is 0.675. The van der Waals surface area contributed by atoms with Crippen LogP contribution in [-0.4, -0.2) is 39.5 Å². The number of aryl methyl sites for hydroxylation is 2. The largest absolute Gasteiger partial charge is 0.393 e. The average Bonchev–Trinajstić information content (AvgIpc) is 2.56. The van der Waals surface area contributed by atoms with Gasteiger partial charge in [-0.3, -0.25) is 4.68 Å².